The minimum absolute atomic E-state index is 0.308. The minimum atomic E-state index is -0.568. The van der Waals surface area contributed by atoms with E-state index in [0.29, 0.717) is 17.1 Å². The van der Waals surface area contributed by atoms with Gasteiger partial charge in [0.1, 0.15) is 5.82 Å². The summed E-state index contributed by atoms with van der Waals surface area (Å²) >= 11 is 0. The molecule has 0 saturated carbocycles. The van der Waals surface area contributed by atoms with Crippen LogP contribution in [-0.2, 0) is 7.05 Å². The first kappa shape index (κ1) is 10.2. The van der Waals surface area contributed by atoms with Crippen LogP contribution < -0.4 is 5.73 Å². The molecule has 1 aromatic carbocycles. The SMILES string of the molecule is Cn1nc(-c2ccc(O)c(O)c2O)cc1N. The normalized spacial score (nSPS) is 10.6. The van der Waals surface area contributed by atoms with E-state index in [1.54, 1.807) is 13.1 Å². The van der Waals surface area contributed by atoms with E-state index in [-0.39, 0.29) is 5.75 Å². The Morgan fingerprint density at radius 2 is 1.88 bits per heavy atom. The fourth-order valence-electron chi connectivity index (χ4n) is 1.39. The Labute approximate surface area is 91.2 Å². The zero-order valence-electron chi connectivity index (χ0n) is 8.55. The van der Waals surface area contributed by atoms with Crippen molar-refractivity contribution in [3.63, 3.8) is 0 Å². The molecule has 0 radical (unpaired) electrons. The first-order valence-corrected chi connectivity index (χ1v) is 4.54. The van der Waals surface area contributed by atoms with E-state index in [1.165, 1.54) is 16.8 Å². The second-order valence-electron chi connectivity index (χ2n) is 3.41. The van der Waals surface area contributed by atoms with Crippen LogP contribution in [0.4, 0.5) is 5.82 Å². The summed E-state index contributed by atoms with van der Waals surface area (Å²) in [4.78, 5) is 0. The van der Waals surface area contributed by atoms with Crippen LogP contribution >= 0.6 is 0 Å². The summed E-state index contributed by atoms with van der Waals surface area (Å²) in [6.07, 6.45) is 0. The summed E-state index contributed by atoms with van der Waals surface area (Å²) in [5.74, 6) is -0.938. The van der Waals surface area contributed by atoms with E-state index in [4.69, 9.17) is 5.73 Å². The molecule has 2 rings (SSSR count). The van der Waals surface area contributed by atoms with Gasteiger partial charge in [0.15, 0.2) is 11.5 Å². The highest BCUT2D eigenvalue weighted by molar-refractivity contribution is 5.74. The Balaban J connectivity index is 2.61. The van der Waals surface area contributed by atoms with Gasteiger partial charge in [0, 0.05) is 18.7 Å². The molecule has 0 fully saturated rings. The Morgan fingerprint density at radius 1 is 1.19 bits per heavy atom. The summed E-state index contributed by atoms with van der Waals surface area (Å²) in [5.41, 5.74) is 6.33. The number of nitrogens with two attached hydrogens (primary N) is 1. The molecule has 16 heavy (non-hydrogen) atoms. The zero-order chi connectivity index (χ0) is 11.9. The lowest BCUT2D eigenvalue weighted by molar-refractivity contribution is 0.369. The average Bonchev–Trinajstić information content (AvgIpc) is 2.56. The summed E-state index contributed by atoms with van der Waals surface area (Å²) in [6, 6.07) is 4.28. The van der Waals surface area contributed by atoms with Crippen molar-refractivity contribution in [3.8, 4) is 28.5 Å². The van der Waals surface area contributed by atoms with E-state index >= 15 is 0 Å². The molecule has 0 saturated heterocycles. The molecule has 0 atom stereocenters. The first-order chi connectivity index (χ1) is 7.50. The second kappa shape index (κ2) is 3.34. The van der Waals surface area contributed by atoms with Crippen molar-refractivity contribution in [1.82, 2.24) is 9.78 Å². The Morgan fingerprint density at radius 3 is 2.44 bits per heavy atom. The summed E-state index contributed by atoms with van der Waals surface area (Å²) < 4.78 is 1.44. The van der Waals surface area contributed by atoms with Crippen molar-refractivity contribution in [2.45, 2.75) is 0 Å². The van der Waals surface area contributed by atoms with Gasteiger partial charge in [0.2, 0.25) is 5.75 Å². The number of rotatable bonds is 1. The maximum Gasteiger partial charge on any atom is 0.200 e. The van der Waals surface area contributed by atoms with Crippen LogP contribution in [0.15, 0.2) is 18.2 Å². The number of benzene rings is 1. The number of phenols is 3. The summed E-state index contributed by atoms with van der Waals surface area (Å²) in [7, 11) is 1.66. The predicted molar refractivity (Wildman–Crippen MR) is 58.1 cm³/mol. The predicted octanol–water partition coefficient (Wildman–Crippen LogP) is 0.786. The molecular formula is C10H11N3O3. The van der Waals surface area contributed by atoms with Crippen molar-refractivity contribution in [1.29, 1.82) is 0 Å². The van der Waals surface area contributed by atoms with Crippen molar-refractivity contribution >= 4 is 5.82 Å². The molecule has 6 nitrogen and oxygen atoms in total. The molecule has 0 aliphatic carbocycles. The van der Waals surface area contributed by atoms with Crippen molar-refractivity contribution in [2.24, 2.45) is 7.05 Å². The first-order valence-electron chi connectivity index (χ1n) is 4.54. The smallest absolute Gasteiger partial charge is 0.200 e. The van der Waals surface area contributed by atoms with Crippen LogP contribution in [0.25, 0.3) is 11.3 Å². The average molecular weight is 221 g/mol. The number of aryl methyl sites for hydroxylation is 1. The summed E-state index contributed by atoms with van der Waals surface area (Å²) in [6.45, 7) is 0. The van der Waals surface area contributed by atoms with Gasteiger partial charge in [-0.1, -0.05) is 0 Å². The molecule has 1 aromatic heterocycles. The highest BCUT2D eigenvalue weighted by Crippen LogP contribution is 2.41. The van der Waals surface area contributed by atoms with Crippen LogP contribution in [0.2, 0.25) is 0 Å². The third-order valence-electron chi connectivity index (χ3n) is 2.32. The second-order valence-corrected chi connectivity index (χ2v) is 3.41. The van der Waals surface area contributed by atoms with E-state index in [2.05, 4.69) is 5.10 Å². The molecular weight excluding hydrogens is 210 g/mol. The largest absolute Gasteiger partial charge is 0.504 e. The molecule has 0 amide bonds. The van der Waals surface area contributed by atoms with Crippen LogP contribution in [0, 0.1) is 0 Å². The Hall–Kier alpha value is -2.37. The van der Waals surface area contributed by atoms with Gasteiger partial charge in [-0.05, 0) is 12.1 Å². The van der Waals surface area contributed by atoms with Gasteiger partial charge in [0.25, 0.3) is 0 Å². The van der Waals surface area contributed by atoms with Crippen molar-refractivity contribution in [2.75, 3.05) is 5.73 Å². The van der Waals surface area contributed by atoms with Crippen molar-refractivity contribution in [3.05, 3.63) is 18.2 Å². The lowest BCUT2D eigenvalue weighted by atomic mass is 10.1. The van der Waals surface area contributed by atoms with Crippen LogP contribution in [0.5, 0.6) is 17.2 Å². The number of phenolic OH excluding ortho intramolecular Hbond substituents is 3. The lowest BCUT2D eigenvalue weighted by Crippen LogP contribution is -1.96. The number of aromatic nitrogens is 2. The third kappa shape index (κ3) is 1.40. The van der Waals surface area contributed by atoms with E-state index < -0.39 is 11.5 Å². The monoisotopic (exact) mass is 221 g/mol. The van der Waals surface area contributed by atoms with E-state index in [9.17, 15) is 15.3 Å². The molecule has 6 heteroatoms. The maximum absolute atomic E-state index is 9.63. The van der Waals surface area contributed by atoms with Crippen molar-refractivity contribution < 1.29 is 15.3 Å². The van der Waals surface area contributed by atoms with Gasteiger partial charge in [-0.2, -0.15) is 5.10 Å². The van der Waals surface area contributed by atoms with E-state index in [1.807, 2.05) is 0 Å². The van der Waals surface area contributed by atoms with E-state index in [0.717, 1.165) is 0 Å². The number of nitrogens with zero attached hydrogens (tertiary/aromatic N) is 2. The molecule has 0 bridgehead atoms. The van der Waals surface area contributed by atoms with Crippen LogP contribution in [-0.4, -0.2) is 25.1 Å². The van der Waals surface area contributed by atoms with Gasteiger partial charge in [-0.15, -0.1) is 0 Å². The topological polar surface area (TPSA) is 105 Å². The quantitative estimate of drug-likeness (QED) is 0.533. The fraction of sp³-hybridized carbons (Fsp3) is 0.100. The van der Waals surface area contributed by atoms with Gasteiger partial charge < -0.3 is 21.1 Å². The van der Waals surface area contributed by atoms with Gasteiger partial charge in [-0.25, -0.2) is 0 Å². The van der Waals surface area contributed by atoms with Crippen LogP contribution in [0.1, 0.15) is 0 Å². The standard InChI is InChI=1S/C10H11N3O3/c1-13-8(11)4-6(12-13)5-2-3-7(14)10(16)9(5)15/h2-4,14-16H,11H2,1H3. The highest BCUT2D eigenvalue weighted by atomic mass is 16.3. The third-order valence-corrected chi connectivity index (χ3v) is 2.32. The number of hydrogen-bond acceptors (Lipinski definition) is 5. The Bertz CT molecular complexity index is 529. The summed E-state index contributed by atoms with van der Waals surface area (Å²) in [5, 5.41) is 32.2. The van der Waals surface area contributed by atoms with Crippen LogP contribution in [0.3, 0.4) is 0 Å². The molecule has 2 aromatic rings. The molecule has 0 aliphatic heterocycles. The number of anilines is 1. The molecule has 0 aliphatic rings. The minimum Gasteiger partial charge on any atom is -0.504 e. The van der Waals surface area contributed by atoms with Gasteiger partial charge in [-0.3, -0.25) is 4.68 Å². The molecule has 5 N–H and O–H groups in total. The number of nitrogen functional groups attached to an aromatic ring is 1. The Kier molecular flexibility index (Phi) is 2.12. The number of aromatic hydroxyl groups is 3. The lowest BCUT2D eigenvalue weighted by Gasteiger charge is -2.04. The van der Waals surface area contributed by atoms with Gasteiger partial charge in [0.05, 0.1) is 5.69 Å². The fourth-order valence-corrected chi connectivity index (χ4v) is 1.39. The molecule has 0 spiro atoms. The maximum atomic E-state index is 9.63. The van der Waals surface area contributed by atoms with Gasteiger partial charge >= 0.3 is 0 Å². The molecule has 0 unspecified atom stereocenters. The highest BCUT2D eigenvalue weighted by Gasteiger charge is 2.15. The molecule has 1 heterocycles. The molecule has 84 valence electrons. The zero-order valence-corrected chi connectivity index (χ0v) is 8.55. The number of hydrogen-bond donors (Lipinski definition) is 4.